The SMILES string of the molecule is NCC(=O)OC=C1C(=O)CCN(C2CC2)C1=O. The Morgan fingerprint density at radius 2 is 2.18 bits per heavy atom. The van der Waals surface area contributed by atoms with Gasteiger partial charge in [0.2, 0.25) is 0 Å². The Kier molecular flexibility index (Phi) is 3.23. The number of Topliss-reactive ketones (excluding diaryl/α,β-unsaturated/α-hetero) is 1. The summed E-state index contributed by atoms with van der Waals surface area (Å²) in [6.45, 7) is 0.184. The van der Waals surface area contributed by atoms with Crippen LogP contribution >= 0.6 is 0 Å². The molecule has 0 atom stereocenters. The van der Waals surface area contributed by atoms with E-state index in [4.69, 9.17) is 5.73 Å². The zero-order chi connectivity index (χ0) is 12.4. The van der Waals surface area contributed by atoms with E-state index in [1.54, 1.807) is 4.90 Å². The van der Waals surface area contributed by atoms with Crippen molar-refractivity contribution in [2.75, 3.05) is 13.1 Å². The maximum Gasteiger partial charge on any atom is 0.324 e. The molecule has 1 aliphatic carbocycles. The van der Waals surface area contributed by atoms with Crippen molar-refractivity contribution in [3.05, 3.63) is 11.8 Å². The van der Waals surface area contributed by atoms with E-state index in [9.17, 15) is 14.4 Å². The number of carbonyl (C=O) groups excluding carboxylic acids is 3. The molecule has 6 heteroatoms. The third kappa shape index (κ3) is 2.52. The molecule has 2 rings (SSSR count). The van der Waals surface area contributed by atoms with Crippen LogP contribution in [-0.4, -0.2) is 41.7 Å². The second kappa shape index (κ2) is 4.67. The standard InChI is InChI=1S/C11H14N2O4/c12-5-10(15)17-6-8-9(14)3-4-13(11(8)16)7-1-2-7/h6-7H,1-5,12H2. The summed E-state index contributed by atoms with van der Waals surface area (Å²) in [5.41, 5.74) is 5.01. The Bertz CT molecular complexity index is 398. The van der Waals surface area contributed by atoms with Gasteiger partial charge in [0.25, 0.3) is 5.91 Å². The van der Waals surface area contributed by atoms with Gasteiger partial charge >= 0.3 is 5.97 Å². The second-order valence-electron chi connectivity index (χ2n) is 4.13. The van der Waals surface area contributed by atoms with Crippen molar-refractivity contribution in [3.63, 3.8) is 0 Å². The van der Waals surface area contributed by atoms with Gasteiger partial charge in [-0.25, -0.2) is 0 Å². The van der Waals surface area contributed by atoms with Crippen LogP contribution in [0.4, 0.5) is 0 Å². The zero-order valence-electron chi connectivity index (χ0n) is 9.35. The molecule has 6 nitrogen and oxygen atoms in total. The molecular weight excluding hydrogens is 224 g/mol. The fraction of sp³-hybridized carbons (Fsp3) is 0.545. The monoisotopic (exact) mass is 238 g/mol. The van der Waals surface area contributed by atoms with Gasteiger partial charge in [-0.05, 0) is 12.8 Å². The molecule has 1 heterocycles. The van der Waals surface area contributed by atoms with E-state index in [-0.39, 0.29) is 36.3 Å². The van der Waals surface area contributed by atoms with Gasteiger partial charge in [0.1, 0.15) is 11.8 Å². The summed E-state index contributed by atoms with van der Waals surface area (Å²) < 4.78 is 4.63. The number of ketones is 1. The van der Waals surface area contributed by atoms with Gasteiger partial charge in [-0.2, -0.15) is 0 Å². The Balaban J connectivity index is 2.09. The molecule has 2 aliphatic rings. The number of ether oxygens (including phenoxy) is 1. The predicted octanol–water partition coefficient (Wildman–Crippen LogP) is -0.664. The molecule has 0 aromatic rings. The number of carbonyl (C=O) groups is 3. The number of likely N-dealkylation sites (tertiary alicyclic amines) is 1. The minimum absolute atomic E-state index is 0.0510. The molecule has 92 valence electrons. The molecule has 0 unspecified atom stereocenters. The number of nitrogens with two attached hydrogens (primary N) is 1. The first-order valence-corrected chi connectivity index (χ1v) is 5.57. The summed E-state index contributed by atoms with van der Waals surface area (Å²) in [5.74, 6) is -1.29. The van der Waals surface area contributed by atoms with Crippen molar-refractivity contribution < 1.29 is 19.1 Å². The lowest BCUT2D eigenvalue weighted by atomic mass is 10.0. The van der Waals surface area contributed by atoms with Crippen LogP contribution < -0.4 is 5.73 Å². The third-order valence-electron chi connectivity index (χ3n) is 2.83. The lowest BCUT2D eigenvalue weighted by Crippen LogP contribution is -2.42. The van der Waals surface area contributed by atoms with Crippen molar-refractivity contribution in [2.45, 2.75) is 25.3 Å². The average molecular weight is 238 g/mol. The molecule has 0 spiro atoms. The van der Waals surface area contributed by atoms with Crippen LogP contribution in [-0.2, 0) is 19.1 Å². The Hall–Kier alpha value is -1.69. The molecule has 2 fully saturated rings. The van der Waals surface area contributed by atoms with Crippen LogP contribution in [0.25, 0.3) is 0 Å². The molecule has 0 aromatic carbocycles. The number of esters is 1. The number of rotatable bonds is 3. The summed E-state index contributed by atoms with van der Waals surface area (Å²) in [4.78, 5) is 36.0. The highest BCUT2D eigenvalue weighted by molar-refractivity contribution is 6.20. The van der Waals surface area contributed by atoms with E-state index in [1.807, 2.05) is 0 Å². The number of hydrogen-bond acceptors (Lipinski definition) is 5. The normalized spacial score (nSPS) is 23.1. The molecule has 1 aliphatic heterocycles. The Morgan fingerprint density at radius 1 is 1.47 bits per heavy atom. The van der Waals surface area contributed by atoms with Crippen molar-refractivity contribution in [1.82, 2.24) is 4.90 Å². The minimum Gasteiger partial charge on any atom is -0.433 e. The van der Waals surface area contributed by atoms with Gasteiger partial charge in [-0.1, -0.05) is 0 Å². The molecule has 0 aromatic heterocycles. The first-order chi connectivity index (χ1) is 8.13. The fourth-order valence-electron chi connectivity index (χ4n) is 1.76. The molecule has 1 amide bonds. The van der Waals surface area contributed by atoms with Gasteiger partial charge < -0.3 is 15.4 Å². The first-order valence-electron chi connectivity index (χ1n) is 5.57. The highest BCUT2D eigenvalue weighted by atomic mass is 16.5. The molecule has 1 saturated carbocycles. The maximum atomic E-state index is 11.9. The van der Waals surface area contributed by atoms with Crippen LogP contribution in [0.5, 0.6) is 0 Å². The van der Waals surface area contributed by atoms with Gasteiger partial charge in [0.05, 0.1) is 6.54 Å². The Morgan fingerprint density at radius 3 is 2.76 bits per heavy atom. The molecule has 0 radical (unpaired) electrons. The van der Waals surface area contributed by atoms with Crippen LogP contribution in [0.1, 0.15) is 19.3 Å². The van der Waals surface area contributed by atoms with E-state index in [1.165, 1.54) is 0 Å². The van der Waals surface area contributed by atoms with Crippen LogP contribution in [0.3, 0.4) is 0 Å². The summed E-state index contributed by atoms with van der Waals surface area (Å²) in [6, 6.07) is 0.254. The van der Waals surface area contributed by atoms with Crippen LogP contribution in [0.15, 0.2) is 11.8 Å². The van der Waals surface area contributed by atoms with E-state index >= 15 is 0 Å². The highest BCUT2D eigenvalue weighted by Crippen LogP contribution is 2.30. The molecule has 17 heavy (non-hydrogen) atoms. The molecule has 1 saturated heterocycles. The number of nitrogens with zero attached hydrogens (tertiary/aromatic N) is 1. The maximum absolute atomic E-state index is 11.9. The zero-order valence-corrected chi connectivity index (χ0v) is 9.35. The summed E-state index contributed by atoms with van der Waals surface area (Å²) in [5, 5.41) is 0. The Labute approximate surface area is 98.4 Å². The highest BCUT2D eigenvalue weighted by Gasteiger charge is 2.39. The number of amides is 1. The first kappa shape index (κ1) is 11.8. The summed E-state index contributed by atoms with van der Waals surface area (Å²) >= 11 is 0. The summed E-state index contributed by atoms with van der Waals surface area (Å²) in [7, 11) is 0. The second-order valence-corrected chi connectivity index (χ2v) is 4.13. The number of piperidine rings is 1. The van der Waals surface area contributed by atoms with Gasteiger partial charge in [0, 0.05) is 19.0 Å². The largest absolute Gasteiger partial charge is 0.433 e. The molecule has 0 bridgehead atoms. The third-order valence-corrected chi connectivity index (χ3v) is 2.83. The topological polar surface area (TPSA) is 89.7 Å². The van der Waals surface area contributed by atoms with E-state index < -0.39 is 5.97 Å². The number of hydrogen-bond donors (Lipinski definition) is 1. The van der Waals surface area contributed by atoms with Crippen molar-refractivity contribution in [1.29, 1.82) is 0 Å². The summed E-state index contributed by atoms with van der Waals surface area (Å²) in [6.07, 6.45) is 3.19. The average Bonchev–Trinajstić information content (AvgIpc) is 3.12. The van der Waals surface area contributed by atoms with Crippen molar-refractivity contribution in [2.24, 2.45) is 5.73 Å². The van der Waals surface area contributed by atoms with Gasteiger partial charge in [-0.15, -0.1) is 0 Å². The van der Waals surface area contributed by atoms with E-state index in [0.717, 1.165) is 19.1 Å². The quantitative estimate of drug-likeness (QED) is 0.305. The van der Waals surface area contributed by atoms with Gasteiger partial charge in [-0.3, -0.25) is 14.4 Å². The van der Waals surface area contributed by atoms with E-state index in [0.29, 0.717) is 6.54 Å². The van der Waals surface area contributed by atoms with Crippen LogP contribution in [0.2, 0.25) is 0 Å². The van der Waals surface area contributed by atoms with E-state index in [2.05, 4.69) is 4.74 Å². The molecule has 2 N–H and O–H groups in total. The van der Waals surface area contributed by atoms with Crippen molar-refractivity contribution >= 4 is 17.7 Å². The lowest BCUT2D eigenvalue weighted by Gasteiger charge is -2.27. The smallest absolute Gasteiger partial charge is 0.324 e. The predicted molar refractivity (Wildman–Crippen MR) is 57.6 cm³/mol. The molecular formula is C11H14N2O4. The van der Waals surface area contributed by atoms with Gasteiger partial charge in [0.15, 0.2) is 5.78 Å². The van der Waals surface area contributed by atoms with Crippen molar-refractivity contribution in [3.8, 4) is 0 Å². The fourth-order valence-corrected chi connectivity index (χ4v) is 1.76. The minimum atomic E-state index is -0.665. The lowest BCUT2D eigenvalue weighted by molar-refractivity contribution is -0.137. The van der Waals surface area contributed by atoms with Crippen LogP contribution in [0, 0.1) is 0 Å².